The fraction of sp³-hybridized carbons (Fsp3) is 0.429. The standard InChI is InChI=1S/C21H26N2O5S/c24-20(10-12-29(26,27)19-8-1-2-9-19)22-14-16-5-3-6-17(13-16)21(25)23-15-18-7-4-11-28-18/h3-7,11,13,19H,1-2,8-10,12,14-15H2,(H,22,24)(H,23,25). The van der Waals surface area contributed by atoms with Gasteiger partial charge in [0.15, 0.2) is 9.84 Å². The molecule has 0 spiro atoms. The van der Waals surface area contributed by atoms with E-state index in [9.17, 15) is 18.0 Å². The molecule has 7 nitrogen and oxygen atoms in total. The lowest BCUT2D eigenvalue weighted by molar-refractivity contribution is -0.120. The molecule has 0 atom stereocenters. The summed E-state index contributed by atoms with van der Waals surface area (Å²) in [6, 6.07) is 10.5. The molecular formula is C21H26N2O5S. The predicted molar refractivity (Wildman–Crippen MR) is 109 cm³/mol. The summed E-state index contributed by atoms with van der Waals surface area (Å²) in [5.74, 6) is 0.00411. The van der Waals surface area contributed by atoms with E-state index >= 15 is 0 Å². The highest BCUT2D eigenvalue weighted by Gasteiger charge is 2.28. The Morgan fingerprint density at radius 2 is 1.83 bits per heavy atom. The van der Waals surface area contributed by atoms with Gasteiger partial charge in [0.1, 0.15) is 5.76 Å². The monoisotopic (exact) mass is 418 g/mol. The number of benzene rings is 1. The number of hydrogen-bond donors (Lipinski definition) is 2. The van der Waals surface area contributed by atoms with Gasteiger partial charge in [-0.2, -0.15) is 0 Å². The average Bonchev–Trinajstić information content (AvgIpc) is 3.43. The summed E-state index contributed by atoms with van der Waals surface area (Å²) in [5.41, 5.74) is 1.25. The number of sulfone groups is 1. The molecule has 1 heterocycles. The molecular weight excluding hydrogens is 392 g/mol. The molecule has 2 N–H and O–H groups in total. The summed E-state index contributed by atoms with van der Waals surface area (Å²) >= 11 is 0. The van der Waals surface area contributed by atoms with Gasteiger partial charge >= 0.3 is 0 Å². The van der Waals surface area contributed by atoms with Crippen LogP contribution in [0.4, 0.5) is 0 Å². The molecule has 1 aromatic heterocycles. The van der Waals surface area contributed by atoms with Crippen LogP contribution in [0.5, 0.6) is 0 Å². The quantitative estimate of drug-likeness (QED) is 0.651. The van der Waals surface area contributed by atoms with Crippen LogP contribution in [0.1, 0.15) is 53.8 Å². The number of hydrogen-bond acceptors (Lipinski definition) is 5. The van der Waals surface area contributed by atoms with E-state index in [1.165, 1.54) is 0 Å². The van der Waals surface area contributed by atoms with Crippen LogP contribution >= 0.6 is 0 Å². The van der Waals surface area contributed by atoms with Crippen LogP contribution < -0.4 is 10.6 Å². The molecule has 0 saturated heterocycles. The molecule has 0 unspecified atom stereocenters. The highest BCUT2D eigenvalue weighted by Crippen LogP contribution is 2.25. The first-order chi connectivity index (χ1) is 13.9. The zero-order chi connectivity index (χ0) is 20.7. The molecule has 1 fully saturated rings. The Bertz CT molecular complexity index is 932. The van der Waals surface area contributed by atoms with E-state index in [1.807, 2.05) is 0 Å². The Balaban J connectivity index is 1.45. The zero-order valence-electron chi connectivity index (χ0n) is 16.2. The summed E-state index contributed by atoms with van der Waals surface area (Å²) in [5, 5.41) is 5.22. The second-order valence-electron chi connectivity index (χ2n) is 7.26. The fourth-order valence-corrected chi connectivity index (χ4v) is 5.30. The topological polar surface area (TPSA) is 105 Å². The second kappa shape index (κ2) is 9.73. The van der Waals surface area contributed by atoms with E-state index in [4.69, 9.17) is 4.42 Å². The lowest BCUT2D eigenvalue weighted by atomic mass is 10.1. The van der Waals surface area contributed by atoms with Crippen molar-refractivity contribution in [3.8, 4) is 0 Å². The predicted octanol–water partition coefficient (Wildman–Crippen LogP) is 2.57. The van der Waals surface area contributed by atoms with Gasteiger partial charge in [0, 0.05) is 18.5 Å². The number of carbonyl (C=O) groups is 2. The summed E-state index contributed by atoms with van der Waals surface area (Å²) in [7, 11) is -3.20. The van der Waals surface area contributed by atoms with Crippen LogP contribution in [0.25, 0.3) is 0 Å². The van der Waals surface area contributed by atoms with Crippen molar-refractivity contribution in [2.75, 3.05) is 5.75 Å². The van der Waals surface area contributed by atoms with Crippen LogP contribution in [0.15, 0.2) is 47.1 Å². The molecule has 29 heavy (non-hydrogen) atoms. The van der Waals surface area contributed by atoms with Crippen molar-refractivity contribution in [3.63, 3.8) is 0 Å². The number of carbonyl (C=O) groups excluding carboxylic acids is 2. The molecule has 8 heteroatoms. The van der Waals surface area contributed by atoms with Crippen molar-refractivity contribution in [1.29, 1.82) is 0 Å². The SMILES string of the molecule is O=C(CCS(=O)(=O)C1CCCC1)NCc1cccc(C(=O)NCc2ccco2)c1. The summed E-state index contributed by atoms with van der Waals surface area (Å²) < 4.78 is 29.7. The Labute approximate surface area is 170 Å². The van der Waals surface area contributed by atoms with Gasteiger partial charge in [0.25, 0.3) is 5.91 Å². The maximum atomic E-state index is 12.3. The summed E-state index contributed by atoms with van der Waals surface area (Å²) in [4.78, 5) is 24.3. The lowest BCUT2D eigenvalue weighted by Crippen LogP contribution is -2.28. The number of furan rings is 1. The van der Waals surface area contributed by atoms with Gasteiger partial charge in [-0.1, -0.05) is 25.0 Å². The molecule has 0 radical (unpaired) electrons. The van der Waals surface area contributed by atoms with E-state index in [1.54, 1.807) is 42.7 Å². The number of amides is 2. The first kappa shape index (κ1) is 21.1. The third-order valence-corrected chi connectivity index (χ3v) is 7.37. The Morgan fingerprint density at radius 1 is 1.03 bits per heavy atom. The first-order valence-corrected chi connectivity index (χ1v) is 11.5. The minimum absolute atomic E-state index is 0.0395. The molecule has 2 aromatic rings. The summed E-state index contributed by atoms with van der Waals surface area (Å²) in [6.45, 7) is 0.532. The molecule has 0 aliphatic heterocycles. The van der Waals surface area contributed by atoms with Crippen LogP contribution in [-0.2, 0) is 27.7 Å². The van der Waals surface area contributed by atoms with Gasteiger partial charge in [-0.05, 0) is 42.7 Å². The highest BCUT2D eigenvalue weighted by molar-refractivity contribution is 7.92. The van der Waals surface area contributed by atoms with Crippen LogP contribution in [-0.4, -0.2) is 31.2 Å². The minimum atomic E-state index is -3.20. The number of rotatable bonds is 9. The third-order valence-electron chi connectivity index (χ3n) is 5.11. The Kier molecular flexibility index (Phi) is 7.09. The van der Waals surface area contributed by atoms with Gasteiger partial charge < -0.3 is 15.1 Å². The van der Waals surface area contributed by atoms with Crippen molar-refractivity contribution >= 4 is 21.7 Å². The first-order valence-electron chi connectivity index (χ1n) is 9.82. The average molecular weight is 419 g/mol. The minimum Gasteiger partial charge on any atom is -0.467 e. The lowest BCUT2D eigenvalue weighted by Gasteiger charge is -2.11. The Hall–Kier alpha value is -2.61. The van der Waals surface area contributed by atoms with E-state index in [0.29, 0.717) is 30.7 Å². The maximum Gasteiger partial charge on any atom is 0.251 e. The van der Waals surface area contributed by atoms with E-state index in [-0.39, 0.29) is 35.8 Å². The molecule has 1 aromatic carbocycles. The molecule has 0 bridgehead atoms. The molecule has 3 rings (SSSR count). The van der Waals surface area contributed by atoms with Crippen LogP contribution in [0, 0.1) is 0 Å². The van der Waals surface area contributed by atoms with Crippen molar-refractivity contribution in [1.82, 2.24) is 10.6 Å². The smallest absolute Gasteiger partial charge is 0.251 e. The molecule has 1 aliphatic rings. The van der Waals surface area contributed by atoms with E-state index in [2.05, 4.69) is 10.6 Å². The molecule has 1 aliphatic carbocycles. The van der Waals surface area contributed by atoms with Gasteiger partial charge in [-0.25, -0.2) is 8.42 Å². The van der Waals surface area contributed by atoms with E-state index < -0.39 is 9.84 Å². The third kappa shape index (κ3) is 6.19. The largest absolute Gasteiger partial charge is 0.467 e. The molecule has 156 valence electrons. The fourth-order valence-electron chi connectivity index (χ4n) is 3.44. The Morgan fingerprint density at radius 3 is 2.55 bits per heavy atom. The second-order valence-corrected chi connectivity index (χ2v) is 9.66. The summed E-state index contributed by atoms with van der Waals surface area (Å²) in [6.07, 6.45) is 4.81. The van der Waals surface area contributed by atoms with Crippen LogP contribution in [0.3, 0.4) is 0 Å². The molecule has 1 saturated carbocycles. The highest BCUT2D eigenvalue weighted by atomic mass is 32.2. The van der Waals surface area contributed by atoms with Gasteiger partial charge in [-0.15, -0.1) is 0 Å². The maximum absolute atomic E-state index is 12.3. The van der Waals surface area contributed by atoms with E-state index in [0.717, 1.165) is 18.4 Å². The molecule has 2 amide bonds. The van der Waals surface area contributed by atoms with Gasteiger partial charge in [0.05, 0.1) is 23.8 Å². The van der Waals surface area contributed by atoms with Crippen molar-refractivity contribution in [3.05, 3.63) is 59.5 Å². The van der Waals surface area contributed by atoms with Gasteiger partial charge in [-0.3, -0.25) is 9.59 Å². The van der Waals surface area contributed by atoms with Crippen molar-refractivity contribution < 1.29 is 22.4 Å². The number of nitrogens with one attached hydrogen (secondary N) is 2. The normalized spacial score (nSPS) is 14.6. The van der Waals surface area contributed by atoms with Gasteiger partial charge in [0.2, 0.25) is 5.91 Å². The van der Waals surface area contributed by atoms with Crippen LogP contribution in [0.2, 0.25) is 0 Å². The van der Waals surface area contributed by atoms with Crippen molar-refractivity contribution in [2.24, 2.45) is 0 Å². The van der Waals surface area contributed by atoms with Crippen molar-refractivity contribution in [2.45, 2.75) is 50.4 Å². The zero-order valence-corrected chi connectivity index (χ0v) is 17.0.